The van der Waals surface area contributed by atoms with Gasteiger partial charge in [-0.15, -0.1) is 0 Å². The number of anilines is 2. The predicted molar refractivity (Wildman–Crippen MR) is 129 cm³/mol. The summed E-state index contributed by atoms with van der Waals surface area (Å²) in [6.45, 7) is 4.68. The Morgan fingerprint density at radius 3 is 2.15 bits per heavy atom. The van der Waals surface area contributed by atoms with Crippen molar-refractivity contribution < 1.29 is 14.7 Å². The number of benzene rings is 2. The van der Waals surface area contributed by atoms with Crippen LogP contribution in [0.2, 0.25) is 0 Å². The summed E-state index contributed by atoms with van der Waals surface area (Å²) >= 11 is 0. The summed E-state index contributed by atoms with van der Waals surface area (Å²) < 4.78 is 0. The number of carbonyl (C=O) groups is 2. The second kappa shape index (κ2) is 10.3. The molecular weight excluding hydrogens is 416 g/mol. The lowest BCUT2D eigenvalue weighted by Crippen LogP contribution is -2.53. The molecule has 2 aromatic carbocycles. The van der Waals surface area contributed by atoms with Gasteiger partial charge in [0.2, 0.25) is 0 Å². The summed E-state index contributed by atoms with van der Waals surface area (Å²) in [6.07, 6.45) is 3.57. The zero-order valence-corrected chi connectivity index (χ0v) is 18.7. The molecule has 7 heteroatoms. The molecule has 3 aromatic rings. The van der Waals surface area contributed by atoms with Gasteiger partial charge in [0.05, 0.1) is 6.54 Å². The molecule has 0 bridgehead atoms. The zero-order chi connectivity index (χ0) is 23.2. The molecule has 0 radical (unpaired) electrons. The fourth-order valence-electron chi connectivity index (χ4n) is 3.95. The number of amides is 2. The number of hydrogen-bond donors (Lipinski definition) is 1. The minimum absolute atomic E-state index is 0.0382. The molecule has 0 unspecified atom stereocenters. The number of Topliss-reactive ketones (excluding diaryl/α,β-unsaturated/α-hetero) is 1. The van der Waals surface area contributed by atoms with E-state index in [1.807, 2.05) is 60.4 Å². The van der Waals surface area contributed by atoms with Gasteiger partial charge in [0, 0.05) is 55.5 Å². The van der Waals surface area contributed by atoms with Gasteiger partial charge in [-0.25, -0.2) is 4.79 Å². The van der Waals surface area contributed by atoms with Crippen LogP contribution >= 0.6 is 0 Å². The van der Waals surface area contributed by atoms with Crippen LogP contribution in [0.5, 0.6) is 0 Å². The first kappa shape index (κ1) is 22.5. The lowest BCUT2D eigenvalue weighted by molar-refractivity contribution is 0.0903. The molecule has 1 N–H and O–H groups in total. The number of carbonyl (C=O) groups excluding carboxylic acids is 2. The van der Waals surface area contributed by atoms with Crippen molar-refractivity contribution in [2.45, 2.75) is 13.5 Å². The van der Waals surface area contributed by atoms with Crippen molar-refractivity contribution in [1.29, 1.82) is 0 Å². The molecule has 0 aliphatic carbocycles. The zero-order valence-electron chi connectivity index (χ0n) is 18.7. The Morgan fingerprint density at radius 1 is 0.909 bits per heavy atom. The van der Waals surface area contributed by atoms with Gasteiger partial charge in [0.1, 0.15) is 6.61 Å². The van der Waals surface area contributed by atoms with Crippen molar-refractivity contribution in [3.05, 3.63) is 89.7 Å². The van der Waals surface area contributed by atoms with E-state index in [9.17, 15) is 9.59 Å². The summed E-state index contributed by atoms with van der Waals surface area (Å²) in [5.74, 6) is -0.319. The average molecular weight is 445 g/mol. The molecule has 1 aromatic heterocycles. The monoisotopic (exact) mass is 444 g/mol. The predicted octanol–water partition coefficient (Wildman–Crippen LogP) is 3.51. The van der Waals surface area contributed by atoms with Crippen LogP contribution in [0.15, 0.2) is 73.1 Å². The summed E-state index contributed by atoms with van der Waals surface area (Å²) in [4.78, 5) is 35.3. The number of pyridine rings is 1. The third-order valence-electron chi connectivity index (χ3n) is 5.91. The molecule has 2 amide bonds. The third kappa shape index (κ3) is 5.38. The molecule has 1 aliphatic rings. The molecule has 0 atom stereocenters. The number of aromatic nitrogens is 1. The smallest absolute Gasteiger partial charge is 0.324 e. The summed E-state index contributed by atoms with van der Waals surface area (Å²) in [5, 5.41) is 9.07. The normalized spacial score (nSPS) is 13.6. The van der Waals surface area contributed by atoms with Gasteiger partial charge in [0.15, 0.2) is 5.78 Å². The van der Waals surface area contributed by atoms with Crippen LogP contribution in [0.4, 0.5) is 16.2 Å². The Balaban J connectivity index is 1.50. The summed E-state index contributed by atoms with van der Waals surface area (Å²) in [6, 6.07) is 18.9. The van der Waals surface area contributed by atoms with Crippen LogP contribution in [-0.4, -0.2) is 59.6 Å². The number of nitrogens with zero attached hydrogens (tertiary/aromatic N) is 4. The van der Waals surface area contributed by atoms with E-state index in [0.717, 1.165) is 35.6 Å². The van der Waals surface area contributed by atoms with E-state index in [4.69, 9.17) is 5.11 Å². The first-order valence-corrected chi connectivity index (χ1v) is 11.1. The Labute approximate surface area is 193 Å². The van der Waals surface area contributed by atoms with Gasteiger partial charge >= 0.3 is 6.03 Å². The van der Waals surface area contributed by atoms with Crippen LogP contribution in [0, 0.1) is 6.92 Å². The first-order chi connectivity index (χ1) is 16.0. The molecule has 0 saturated carbocycles. The second-order valence-electron chi connectivity index (χ2n) is 8.16. The van der Waals surface area contributed by atoms with Gasteiger partial charge in [-0.3, -0.25) is 14.7 Å². The van der Waals surface area contributed by atoms with Gasteiger partial charge in [0.25, 0.3) is 0 Å². The van der Waals surface area contributed by atoms with Crippen LogP contribution < -0.4 is 9.80 Å². The fraction of sp³-hybridized carbons (Fsp3) is 0.269. The number of urea groups is 1. The minimum Gasteiger partial charge on any atom is -0.388 e. The van der Waals surface area contributed by atoms with Crippen LogP contribution in [-0.2, 0) is 6.54 Å². The number of aliphatic hydroxyl groups excluding tert-OH is 1. The fourth-order valence-corrected chi connectivity index (χ4v) is 3.95. The standard InChI is InChI=1S/C26H28N4O3/c1-20-2-8-24(9-3-20)30(18-21-4-6-22(7-5-21)25(32)19-31)26(33)29-16-14-28(15-17-29)23-10-12-27-13-11-23/h2-13,31H,14-19H2,1H3. The second-order valence-corrected chi connectivity index (χ2v) is 8.16. The van der Waals surface area contributed by atoms with E-state index in [2.05, 4.69) is 9.88 Å². The summed E-state index contributed by atoms with van der Waals surface area (Å²) in [7, 11) is 0. The number of piperazine rings is 1. The van der Waals surface area contributed by atoms with Crippen LogP contribution in [0.1, 0.15) is 21.5 Å². The highest BCUT2D eigenvalue weighted by molar-refractivity contribution is 5.97. The third-order valence-corrected chi connectivity index (χ3v) is 5.91. The van der Waals surface area contributed by atoms with Crippen molar-refractivity contribution >= 4 is 23.2 Å². The van der Waals surface area contributed by atoms with Crippen molar-refractivity contribution in [2.24, 2.45) is 0 Å². The van der Waals surface area contributed by atoms with E-state index in [1.165, 1.54) is 0 Å². The minimum atomic E-state index is -0.515. The summed E-state index contributed by atoms with van der Waals surface area (Å²) in [5.41, 5.74) is 4.45. The number of aryl methyl sites for hydroxylation is 1. The molecular formula is C26H28N4O3. The van der Waals surface area contributed by atoms with Gasteiger partial charge in [-0.1, -0.05) is 42.0 Å². The Bertz CT molecular complexity index is 1080. The van der Waals surface area contributed by atoms with E-state index in [0.29, 0.717) is 25.2 Å². The van der Waals surface area contributed by atoms with E-state index in [1.54, 1.807) is 29.4 Å². The molecule has 1 fully saturated rings. The topological polar surface area (TPSA) is 77.0 Å². The molecule has 4 rings (SSSR count). The molecule has 2 heterocycles. The largest absolute Gasteiger partial charge is 0.388 e. The van der Waals surface area contributed by atoms with Gasteiger partial charge < -0.3 is 14.9 Å². The Kier molecular flexibility index (Phi) is 7.00. The van der Waals surface area contributed by atoms with E-state index < -0.39 is 6.61 Å². The first-order valence-electron chi connectivity index (χ1n) is 11.1. The van der Waals surface area contributed by atoms with Crippen molar-refractivity contribution in [3.8, 4) is 0 Å². The van der Waals surface area contributed by atoms with Crippen molar-refractivity contribution in [3.63, 3.8) is 0 Å². The molecule has 0 spiro atoms. The molecule has 33 heavy (non-hydrogen) atoms. The van der Waals surface area contributed by atoms with Crippen LogP contribution in [0.25, 0.3) is 0 Å². The highest BCUT2D eigenvalue weighted by Crippen LogP contribution is 2.22. The maximum atomic E-state index is 13.6. The van der Waals surface area contributed by atoms with Crippen molar-refractivity contribution in [2.75, 3.05) is 42.6 Å². The highest BCUT2D eigenvalue weighted by Gasteiger charge is 2.26. The molecule has 1 saturated heterocycles. The maximum Gasteiger partial charge on any atom is 0.324 e. The average Bonchev–Trinajstić information content (AvgIpc) is 2.88. The van der Waals surface area contributed by atoms with Gasteiger partial charge in [-0.2, -0.15) is 0 Å². The van der Waals surface area contributed by atoms with E-state index in [-0.39, 0.29) is 11.8 Å². The van der Waals surface area contributed by atoms with Crippen LogP contribution in [0.3, 0.4) is 0 Å². The number of rotatable bonds is 6. The number of ketones is 1. The van der Waals surface area contributed by atoms with Gasteiger partial charge in [-0.05, 0) is 36.8 Å². The van der Waals surface area contributed by atoms with E-state index >= 15 is 0 Å². The highest BCUT2D eigenvalue weighted by atomic mass is 16.3. The Hall–Kier alpha value is -3.71. The SMILES string of the molecule is Cc1ccc(N(Cc2ccc(C(=O)CO)cc2)C(=O)N2CCN(c3ccncc3)CC2)cc1. The molecule has 1 aliphatic heterocycles. The number of hydrogen-bond acceptors (Lipinski definition) is 5. The maximum absolute atomic E-state index is 13.6. The lowest BCUT2D eigenvalue weighted by Gasteiger charge is -2.38. The number of aliphatic hydroxyl groups is 1. The molecule has 7 nitrogen and oxygen atoms in total. The molecule has 170 valence electrons. The quantitative estimate of drug-likeness (QED) is 0.589. The van der Waals surface area contributed by atoms with Crippen molar-refractivity contribution in [1.82, 2.24) is 9.88 Å². The Morgan fingerprint density at radius 2 is 1.55 bits per heavy atom. The lowest BCUT2D eigenvalue weighted by atomic mass is 10.1.